The summed E-state index contributed by atoms with van der Waals surface area (Å²) in [6, 6.07) is 19.9. The van der Waals surface area contributed by atoms with E-state index in [1.54, 1.807) is 6.07 Å². The second-order valence-electron chi connectivity index (χ2n) is 9.44. The van der Waals surface area contributed by atoms with Crippen molar-refractivity contribution < 1.29 is 22.8 Å². The summed E-state index contributed by atoms with van der Waals surface area (Å²) in [4.78, 5) is 24.8. The number of carbonyl (C=O) groups is 2. The summed E-state index contributed by atoms with van der Waals surface area (Å²) < 4.78 is 39.4. The zero-order valence-corrected chi connectivity index (χ0v) is 21.0. The molecule has 0 aliphatic rings. The van der Waals surface area contributed by atoms with Crippen LogP contribution in [-0.2, 0) is 30.2 Å². The standard InChI is InChI=1S/C31H33F3O2/c1-3-4-5-9-30(36)27-8-6-7-25(19-27)18-24-14-12-23(13-15-24)16-17-28(35)20-26-11-10-22(2)29(21-26)31(32,33)34/h6-8,10-15,19,21H,3-5,9,16-18,20H2,1-2H3. The van der Waals surface area contributed by atoms with E-state index in [0.717, 1.165) is 47.6 Å². The molecule has 190 valence electrons. The van der Waals surface area contributed by atoms with Crippen molar-refractivity contribution in [1.29, 1.82) is 0 Å². The van der Waals surface area contributed by atoms with Gasteiger partial charge in [-0.3, -0.25) is 9.59 Å². The van der Waals surface area contributed by atoms with Crippen LogP contribution < -0.4 is 0 Å². The van der Waals surface area contributed by atoms with Gasteiger partial charge in [-0.25, -0.2) is 0 Å². The third-order valence-corrected chi connectivity index (χ3v) is 6.39. The fourth-order valence-corrected chi connectivity index (χ4v) is 4.28. The maximum Gasteiger partial charge on any atom is 0.416 e. The summed E-state index contributed by atoms with van der Waals surface area (Å²) in [5, 5.41) is 0. The molecule has 0 fully saturated rings. The molecule has 5 heteroatoms. The summed E-state index contributed by atoms with van der Waals surface area (Å²) in [6.45, 7) is 3.54. The first kappa shape index (κ1) is 27.4. The lowest BCUT2D eigenvalue weighted by Crippen LogP contribution is -2.10. The minimum absolute atomic E-state index is 0.00501. The van der Waals surface area contributed by atoms with Crippen molar-refractivity contribution in [2.45, 2.75) is 71.4 Å². The number of unbranched alkanes of at least 4 members (excludes halogenated alkanes) is 2. The van der Waals surface area contributed by atoms with Gasteiger partial charge in [0.15, 0.2) is 5.78 Å². The molecule has 36 heavy (non-hydrogen) atoms. The van der Waals surface area contributed by atoms with Crippen LogP contribution in [-0.4, -0.2) is 11.6 Å². The minimum atomic E-state index is -4.42. The zero-order valence-electron chi connectivity index (χ0n) is 21.0. The number of halogens is 3. The number of hydrogen-bond donors (Lipinski definition) is 0. The lowest BCUT2D eigenvalue weighted by Gasteiger charge is -2.12. The highest BCUT2D eigenvalue weighted by Crippen LogP contribution is 2.32. The number of rotatable bonds is 12. The van der Waals surface area contributed by atoms with Crippen molar-refractivity contribution in [2.24, 2.45) is 0 Å². The van der Waals surface area contributed by atoms with Crippen LogP contribution in [0.2, 0.25) is 0 Å². The van der Waals surface area contributed by atoms with Gasteiger partial charge in [0.1, 0.15) is 5.78 Å². The second kappa shape index (κ2) is 12.7. The molecule has 0 saturated heterocycles. The Morgan fingerprint density at radius 3 is 2.17 bits per heavy atom. The first-order chi connectivity index (χ1) is 17.2. The van der Waals surface area contributed by atoms with Crippen molar-refractivity contribution in [3.8, 4) is 0 Å². The molecule has 0 aliphatic carbocycles. The van der Waals surface area contributed by atoms with E-state index in [9.17, 15) is 22.8 Å². The average Bonchev–Trinajstić information content (AvgIpc) is 2.84. The van der Waals surface area contributed by atoms with Crippen molar-refractivity contribution >= 4 is 11.6 Å². The highest BCUT2D eigenvalue weighted by molar-refractivity contribution is 5.96. The Bertz CT molecular complexity index is 1180. The van der Waals surface area contributed by atoms with E-state index in [1.807, 2.05) is 48.5 Å². The normalized spacial score (nSPS) is 11.5. The molecule has 0 aromatic heterocycles. The van der Waals surface area contributed by atoms with Crippen LogP contribution in [0.5, 0.6) is 0 Å². The van der Waals surface area contributed by atoms with E-state index >= 15 is 0 Å². The number of ketones is 2. The van der Waals surface area contributed by atoms with E-state index in [2.05, 4.69) is 6.92 Å². The minimum Gasteiger partial charge on any atom is -0.299 e. The molecule has 3 aromatic rings. The highest BCUT2D eigenvalue weighted by Gasteiger charge is 2.32. The van der Waals surface area contributed by atoms with Gasteiger partial charge in [0, 0.05) is 24.8 Å². The predicted octanol–water partition coefficient (Wildman–Crippen LogP) is 8.11. The van der Waals surface area contributed by atoms with Gasteiger partial charge in [-0.05, 0) is 66.1 Å². The Balaban J connectivity index is 1.53. The van der Waals surface area contributed by atoms with E-state index in [4.69, 9.17) is 0 Å². The van der Waals surface area contributed by atoms with E-state index in [0.29, 0.717) is 24.8 Å². The van der Waals surface area contributed by atoms with Gasteiger partial charge in [-0.1, -0.05) is 74.4 Å². The van der Waals surface area contributed by atoms with Crippen LogP contribution in [0.4, 0.5) is 13.2 Å². The Kier molecular flexibility index (Phi) is 9.63. The van der Waals surface area contributed by atoms with Crippen LogP contribution in [0, 0.1) is 6.92 Å². The van der Waals surface area contributed by atoms with E-state index < -0.39 is 11.7 Å². The molecule has 0 radical (unpaired) electrons. The van der Waals surface area contributed by atoms with Crippen LogP contribution in [0.3, 0.4) is 0 Å². The third-order valence-electron chi connectivity index (χ3n) is 6.39. The Labute approximate surface area is 211 Å². The number of benzene rings is 3. The number of hydrogen-bond acceptors (Lipinski definition) is 2. The van der Waals surface area contributed by atoms with Crippen LogP contribution >= 0.6 is 0 Å². The number of carbonyl (C=O) groups excluding carboxylic acids is 2. The van der Waals surface area contributed by atoms with Crippen LogP contribution in [0.1, 0.15) is 82.8 Å². The molecule has 0 N–H and O–H groups in total. The largest absolute Gasteiger partial charge is 0.416 e. The molecule has 0 atom stereocenters. The number of aryl methyl sites for hydroxylation is 2. The molecule has 3 rings (SSSR count). The fourth-order valence-electron chi connectivity index (χ4n) is 4.28. The maximum absolute atomic E-state index is 13.1. The van der Waals surface area contributed by atoms with Gasteiger partial charge in [0.2, 0.25) is 0 Å². The molecule has 2 nitrogen and oxygen atoms in total. The molecule has 0 spiro atoms. The van der Waals surface area contributed by atoms with Crippen LogP contribution in [0.25, 0.3) is 0 Å². The zero-order chi connectivity index (χ0) is 26.1. The van der Waals surface area contributed by atoms with Crippen molar-refractivity contribution in [1.82, 2.24) is 0 Å². The quantitative estimate of drug-likeness (QED) is 0.188. The van der Waals surface area contributed by atoms with Crippen molar-refractivity contribution in [2.75, 3.05) is 0 Å². The predicted molar refractivity (Wildman–Crippen MR) is 137 cm³/mol. The van der Waals surface area contributed by atoms with Gasteiger partial charge in [0.25, 0.3) is 0 Å². The van der Waals surface area contributed by atoms with E-state index in [1.165, 1.54) is 13.0 Å². The summed E-state index contributed by atoms with van der Waals surface area (Å²) in [5.74, 6) is 0.0991. The van der Waals surface area contributed by atoms with Gasteiger partial charge in [-0.2, -0.15) is 13.2 Å². The molecule has 0 aliphatic heterocycles. The Morgan fingerprint density at radius 1 is 0.778 bits per heavy atom. The molecule has 3 aromatic carbocycles. The number of Topliss-reactive ketones (excluding diaryl/α,β-unsaturated/α-hetero) is 2. The van der Waals surface area contributed by atoms with Crippen LogP contribution in [0.15, 0.2) is 66.7 Å². The fraction of sp³-hybridized carbons (Fsp3) is 0.355. The molecular weight excluding hydrogens is 461 g/mol. The lowest BCUT2D eigenvalue weighted by atomic mass is 9.97. The molecule has 0 amide bonds. The molecular formula is C31H33F3O2. The maximum atomic E-state index is 13.1. The van der Waals surface area contributed by atoms with Gasteiger partial charge >= 0.3 is 6.18 Å². The van der Waals surface area contributed by atoms with Gasteiger partial charge in [0.05, 0.1) is 5.56 Å². The van der Waals surface area contributed by atoms with Crippen molar-refractivity contribution in [3.63, 3.8) is 0 Å². The molecule has 0 bridgehead atoms. The topological polar surface area (TPSA) is 34.1 Å². The first-order valence-corrected chi connectivity index (χ1v) is 12.5. The SMILES string of the molecule is CCCCCC(=O)c1cccc(Cc2ccc(CCC(=O)Cc3ccc(C)c(C(F)(F)F)c3)cc2)c1. The van der Waals surface area contributed by atoms with Crippen molar-refractivity contribution in [3.05, 3.63) is 106 Å². The second-order valence-corrected chi connectivity index (χ2v) is 9.44. The monoisotopic (exact) mass is 494 g/mol. The van der Waals surface area contributed by atoms with Gasteiger partial charge in [-0.15, -0.1) is 0 Å². The lowest BCUT2D eigenvalue weighted by molar-refractivity contribution is -0.138. The summed E-state index contributed by atoms with van der Waals surface area (Å²) in [7, 11) is 0. The molecule has 0 unspecified atom stereocenters. The summed E-state index contributed by atoms with van der Waals surface area (Å²) in [5.41, 5.74) is 3.82. The first-order valence-electron chi connectivity index (χ1n) is 12.5. The van der Waals surface area contributed by atoms with E-state index in [-0.39, 0.29) is 30.0 Å². The Morgan fingerprint density at radius 2 is 1.47 bits per heavy atom. The third kappa shape index (κ3) is 8.18. The molecule has 0 heterocycles. The smallest absolute Gasteiger partial charge is 0.299 e. The highest BCUT2D eigenvalue weighted by atomic mass is 19.4. The summed E-state index contributed by atoms with van der Waals surface area (Å²) >= 11 is 0. The summed E-state index contributed by atoms with van der Waals surface area (Å²) in [6.07, 6.45) is 0.758. The molecule has 0 saturated carbocycles. The number of alkyl halides is 3. The average molecular weight is 495 g/mol. The van der Waals surface area contributed by atoms with Gasteiger partial charge < -0.3 is 0 Å². The Hall–Kier alpha value is -3.21.